The highest BCUT2D eigenvalue weighted by molar-refractivity contribution is 9.10. The zero-order chi connectivity index (χ0) is 11.4. The highest BCUT2D eigenvalue weighted by Crippen LogP contribution is 2.27. The Kier molecular flexibility index (Phi) is 5.10. The molecular formula is C12H17BrClN. The normalized spacial score (nSPS) is 13.2. The number of hydrogen-bond donors (Lipinski definition) is 1. The number of rotatable bonds is 4. The molecule has 0 bridgehead atoms. The smallest absolute Gasteiger partial charge is 0.0548 e. The Morgan fingerprint density at radius 1 is 1.33 bits per heavy atom. The van der Waals surface area contributed by atoms with Crippen LogP contribution in [0.1, 0.15) is 38.3 Å². The highest BCUT2D eigenvalue weighted by Gasteiger charge is 2.08. The second-order valence-corrected chi connectivity index (χ2v) is 5.51. The molecule has 0 radical (unpaired) electrons. The SMILES string of the molecule is CC(C)CC[C@H](N)c1ccc(Cl)c(Br)c1. The molecule has 0 fully saturated rings. The molecule has 0 aliphatic heterocycles. The third-order valence-electron chi connectivity index (χ3n) is 2.43. The van der Waals surface area contributed by atoms with Crippen LogP contribution in [0.15, 0.2) is 22.7 Å². The van der Waals surface area contributed by atoms with Gasteiger partial charge in [0.25, 0.3) is 0 Å². The molecule has 1 aromatic rings. The number of hydrogen-bond acceptors (Lipinski definition) is 1. The summed E-state index contributed by atoms with van der Waals surface area (Å²) in [6.45, 7) is 4.43. The summed E-state index contributed by atoms with van der Waals surface area (Å²) in [5.74, 6) is 0.701. The van der Waals surface area contributed by atoms with Crippen LogP contribution in [0.5, 0.6) is 0 Å². The lowest BCUT2D eigenvalue weighted by Gasteiger charge is -2.14. The van der Waals surface area contributed by atoms with Crippen LogP contribution < -0.4 is 5.73 Å². The van der Waals surface area contributed by atoms with Crippen LogP contribution in [0, 0.1) is 5.92 Å². The van der Waals surface area contributed by atoms with Crippen molar-refractivity contribution >= 4 is 27.5 Å². The summed E-state index contributed by atoms with van der Waals surface area (Å²) < 4.78 is 0.918. The summed E-state index contributed by atoms with van der Waals surface area (Å²) in [7, 11) is 0. The van der Waals surface area contributed by atoms with Crippen molar-refractivity contribution in [3.63, 3.8) is 0 Å². The maximum atomic E-state index is 6.10. The Labute approximate surface area is 105 Å². The lowest BCUT2D eigenvalue weighted by atomic mass is 9.98. The van der Waals surface area contributed by atoms with E-state index in [0.29, 0.717) is 5.92 Å². The third kappa shape index (κ3) is 4.13. The predicted octanol–water partition coefficient (Wildman–Crippen LogP) is 4.54. The quantitative estimate of drug-likeness (QED) is 0.865. The molecule has 3 heteroatoms. The van der Waals surface area contributed by atoms with Gasteiger partial charge in [-0.05, 0) is 52.4 Å². The van der Waals surface area contributed by atoms with Gasteiger partial charge in [-0.25, -0.2) is 0 Å². The van der Waals surface area contributed by atoms with Crippen molar-refractivity contribution in [1.29, 1.82) is 0 Å². The van der Waals surface area contributed by atoms with Crippen molar-refractivity contribution in [2.45, 2.75) is 32.7 Å². The van der Waals surface area contributed by atoms with Gasteiger partial charge < -0.3 is 5.73 Å². The minimum Gasteiger partial charge on any atom is -0.324 e. The van der Waals surface area contributed by atoms with Crippen molar-refractivity contribution in [3.8, 4) is 0 Å². The van der Waals surface area contributed by atoms with E-state index in [4.69, 9.17) is 17.3 Å². The zero-order valence-corrected chi connectivity index (χ0v) is 11.5. The Morgan fingerprint density at radius 2 is 2.00 bits per heavy atom. The molecule has 0 aromatic heterocycles. The van der Waals surface area contributed by atoms with E-state index < -0.39 is 0 Å². The molecule has 2 N–H and O–H groups in total. The van der Waals surface area contributed by atoms with E-state index in [1.165, 1.54) is 0 Å². The van der Waals surface area contributed by atoms with E-state index in [9.17, 15) is 0 Å². The fourth-order valence-corrected chi connectivity index (χ4v) is 1.94. The predicted molar refractivity (Wildman–Crippen MR) is 70.2 cm³/mol. The molecule has 0 spiro atoms. The lowest BCUT2D eigenvalue weighted by Crippen LogP contribution is -2.11. The van der Waals surface area contributed by atoms with Gasteiger partial charge in [0.15, 0.2) is 0 Å². The lowest BCUT2D eigenvalue weighted by molar-refractivity contribution is 0.507. The van der Waals surface area contributed by atoms with Crippen molar-refractivity contribution < 1.29 is 0 Å². The first kappa shape index (κ1) is 13.0. The van der Waals surface area contributed by atoms with Crippen LogP contribution in [0.4, 0.5) is 0 Å². The molecule has 1 aromatic carbocycles. The third-order valence-corrected chi connectivity index (χ3v) is 3.64. The fraction of sp³-hybridized carbons (Fsp3) is 0.500. The number of benzene rings is 1. The summed E-state index contributed by atoms with van der Waals surface area (Å²) in [5.41, 5.74) is 7.24. The minimum atomic E-state index is 0.112. The van der Waals surface area contributed by atoms with Crippen molar-refractivity contribution in [1.82, 2.24) is 0 Å². The molecule has 0 unspecified atom stereocenters. The Balaban J connectivity index is 2.65. The van der Waals surface area contributed by atoms with Crippen LogP contribution in [0.3, 0.4) is 0 Å². The van der Waals surface area contributed by atoms with E-state index in [1.807, 2.05) is 18.2 Å². The average Bonchev–Trinajstić information content (AvgIpc) is 2.18. The Bertz CT molecular complexity index is 325. The molecular weight excluding hydrogens is 273 g/mol. The molecule has 84 valence electrons. The van der Waals surface area contributed by atoms with Crippen LogP contribution in [-0.2, 0) is 0 Å². The molecule has 0 heterocycles. The molecule has 0 aliphatic carbocycles. The Morgan fingerprint density at radius 3 is 2.53 bits per heavy atom. The fourth-order valence-electron chi connectivity index (χ4n) is 1.42. The monoisotopic (exact) mass is 289 g/mol. The highest BCUT2D eigenvalue weighted by atomic mass is 79.9. The second-order valence-electron chi connectivity index (χ2n) is 4.25. The number of halogens is 2. The van der Waals surface area contributed by atoms with Gasteiger partial charge in [0.2, 0.25) is 0 Å². The minimum absolute atomic E-state index is 0.112. The van der Waals surface area contributed by atoms with Gasteiger partial charge >= 0.3 is 0 Å². The number of nitrogens with two attached hydrogens (primary N) is 1. The summed E-state index contributed by atoms with van der Waals surface area (Å²) in [6, 6.07) is 6.00. The van der Waals surface area contributed by atoms with E-state index in [1.54, 1.807) is 0 Å². The van der Waals surface area contributed by atoms with Gasteiger partial charge in [-0.2, -0.15) is 0 Å². The largest absolute Gasteiger partial charge is 0.324 e. The summed E-state index contributed by atoms with van der Waals surface area (Å²) in [5, 5.41) is 0.731. The van der Waals surface area contributed by atoms with Gasteiger partial charge in [0, 0.05) is 10.5 Å². The molecule has 0 amide bonds. The first-order valence-corrected chi connectivity index (χ1v) is 6.38. The van der Waals surface area contributed by atoms with Crippen LogP contribution in [0.25, 0.3) is 0 Å². The van der Waals surface area contributed by atoms with Crippen LogP contribution in [-0.4, -0.2) is 0 Å². The van der Waals surface area contributed by atoms with Crippen molar-refractivity contribution in [2.75, 3.05) is 0 Å². The molecule has 0 saturated carbocycles. The van der Waals surface area contributed by atoms with Gasteiger partial charge in [0.1, 0.15) is 0 Å². The van der Waals surface area contributed by atoms with E-state index in [-0.39, 0.29) is 6.04 Å². The second kappa shape index (κ2) is 5.88. The van der Waals surface area contributed by atoms with E-state index in [2.05, 4.69) is 29.8 Å². The molecule has 0 saturated heterocycles. The molecule has 15 heavy (non-hydrogen) atoms. The van der Waals surface area contributed by atoms with Crippen molar-refractivity contribution in [2.24, 2.45) is 11.7 Å². The summed E-state index contributed by atoms with van der Waals surface area (Å²) >= 11 is 9.33. The van der Waals surface area contributed by atoms with Gasteiger partial charge in [-0.1, -0.05) is 31.5 Å². The Hall–Kier alpha value is -0.0500. The maximum absolute atomic E-state index is 6.10. The first-order chi connectivity index (χ1) is 7.00. The van der Waals surface area contributed by atoms with Gasteiger partial charge in [-0.3, -0.25) is 0 Å². The topological polar surface area (TPSA) is 26.0 Å². The zero-order valence-electron chi connectivity index (χ0n) is 9.13. The summed E-state index contributed by atoms with van der Waals surface area (Å²) in [6.07, 6.45) is 2.17. The molecule has 1 nitrogen and oxygen atoms in total. The van der Waals surface area contributed by atoms with Crippen LogP contribution in [0.2, 0.25) is 5.02 Å². The van der Waals surface area contributed by atoms with Gasteiger partial charge in [-0.15, -0.1) is 0 Å². The molecule has 1 rings (SSSR count). The molecule has 0 aliphatic rings. The van der Waals surface area contributed by atoms with Gasteiger partial charge in [0.05, 0.1) is 5.02 Å². The average molecular weight is 291 g/mol. The standard InChI is InChI=1S/C12H17BrClN/c1-8(2)3-6-12(15)9-4-5-11(14)10(13)7-9/h4-5,7-8,12H,3,6,15H2,1-2H3/t12-/m0/s1. The van der Waals surface area contributed by atoms with Crippen molar-refractivity contribution in [3.05, 3.63) is 33.3 Å². The van der Waals surface area contributed by atoms with E-state index in [0.717, 1.165) is 27.9 Å². The van der Waals surface area contributed by atoms with Crippen LogP contribution >= 0.6 is 27.5 Å². The first-order valence-electron chi connectivity index (χ1n) is 5.21. The van der Waals surface area contributed by atoms with E-state index >= 15 is 0 Å². The summed E-state index contributed by atoms with van der Waals surface area (Å²) in [4.78, 5) is 0. The maximum Gasteiger partial charge on any atom is 0.0548 e. The molecule has 1 atom stereocenters.